The lowest BCUT2D eigenvalue weighted by Crippen LogP contribution is -2.14. The SMILES string of the molecule is COc1ccc(-n2nc(C(=O)Nc3ccc(Oc4ccccc4)cc3)nc2-c2cccc(Cl)c2)cc1. The van der Waals surface area contributed by atoms with E-state index in [2.05, 4.69) is 15.4 Å². The molecular weight excluding hydrogens is 476 g/mol. The summed E-state index contributed by atoms with van der Waals surface area (Å²) in [5, 5.41) is 7.90. The first kappa shape index (κ1) is 23.1. The lowest BCUT2D eigenvalue weighted by molar-refractivity contribution is 0.101. The van der Waals surface area contributed by atoms with Gasteiger partial charge in [0.05, 0.1) is 12.8 Å². The number of para-hydroxylation sites is 1. The van der Waals surface area contributed by atoms with Crippen LogP contribution in [0.25, 0.3) is 17.1 Å². The van der Waals surface area contributed by atoms with Gasteiger partial charge in [0, 0.05) is 16.3 Å². The van der Waals surface area contributed by atoms with Crippen LogP contribution in [0.5, 0.6) is 17.2 Å². The van der Waals surface area contributed by atoms with E-state index < -0.39 is 5.91 Å². The summed E-state index contributed by atoms with van der Waals surface area (Å²) in [6, 6.07) is 31.1. The molecule has 0 aliphatic heterocycles. The van der Waals surface area contributed by atoms with E-state index in [9.17, 15) is 4.79 Å². The topological polar surface area (TPSA) is 78.3 Å². The normalized spacial score (nSPS) is 10.6. The number of rotatable bonds is 7. The predicted octanol–water partition coefficient (Wildman–Crippen LogP) is 6.64. The Morgan fingerprint density at radius 2 is 1.53 bits per heavy atom. The van der Waals surface area contributed by atoms with Crippen molar-refractivity contribution in [1.82, 2.24) is 14.8 Å². The molecule has 0 saturated carbocycles. The third-order valence-electron chi connectivity index (χ3n) is 5.30. The maximum Gasteiger partial charge on any atom is 0.295 e. The molecule has 0 unspecified atom stereocenters. The second kappa shape index (κ2) is 10.3. The number of hydrogen-bond donors (Lipinski definition) is 1. The highest BCUT2D eigenvalue weighted by Gasteiger charge is 2.19. The zero-order chi connectivity index (χ0) is 24.9. The summed E-state index contributed by atoms with van der Waals surface area (Å²) in [5.41, 5.74) is 2.04. The van der Waals surface area contributed by atoms with Gasteiger partial charge in [-0.05, 0) is 72.8 Å². The number of carbonyl (C=O) groups excluding carboxylic acids is 1. The van der Waals surface area contributed by atoms with Gasteiger partial charge in [-0.1, -0.05) is 41.9 Å². The van der Waals surface area contributed by atoms with Crippen LogP contribution in [0.1, 0.15) is 10.6 Å². The molecule has 0 aliphatic carbocycles. The number of hydrogen-bond acceptors (Lipinski definition) is 5. The number of nitrogens with one attached hydrogen (secondary N) is 1. The van der Waals surface area contributed by atoms with E-state index in [-0.39, 0.29) is 5.82 Å². The third-order valence-corrected chi connectivity index (χ3v) is 5.54. The van der Waals surface area contributed by atoms with Crippen molar-refractivity contribution in [3.8, 4) is 34.3 Å². The summed E-state index contributed by atoms with van der Waals surface area (Å²) < 4.78 is 12.7. The fourth-order valence-corrected chi connectivity index (χ4v) is 3.73. The Labute approximate surface area is 212 Å². The number of benzene rings is 4. The summed E-state index contributed by atoms with van der Waals surface area (Å²) in [6.45, 7) is 0. The van der Waals surface area contributed by atoms with Gasteiger partial charge in [0.25, 0.3) is 5.91 Å². The number of methoxy groups -OCH3 is 1. The number of ether oxygens (including phenoxy) is 2. The van der Waals surface area contributed by atoms with Gasteiger partial charge >= 0.3 is 0 Å². The van der Waals surface area contributed by atoms with E-state index >= 15 is 0 Å². The summed E-state index contributed by atoms with van der Waals surface area (Å²) in [6.07, 6.45) is 0. The van der Waals surface area contributed by atoms with E-state index in [0.29, 0.717) is 28.0 Å². The van der Waals surface area contributed by atoms with Gasteiger partial charge in [-0.15, -0.1) is 5.10 Å². The highest BCUT2D eigenvalue weighted by molar-refractivity contribution is 6.30. The van der Waals surface area contributed by atoms with Gasteiger partial charge in [-0.25, -0.2) is 9.67 Å². The van der Waals surface area contributed by atoms with Crippen LogP contribution in [-0.4, -0.2) is 27.8 Å². The fraction of sp³-hybridized carbons (Fsp3) is 0.0357. The van der Waals surface area contributed by atoms with Gasteiger partial charge in [-0.3, -0.25) is 4.79 Å². The third kappa shape index (κ3) is 5.21. The van der Waals surface area contributed by atoms with E-state index in [1.165, 1.54) is 0 Å². The Hall–Kier alpha value is -4.62. The van der Waals surface area contributed by atoms with Crippen molar-refractivity contribution in [2.24, 2.45) is 0 Å². The molecule has 5 aromatic rings. The zero-order valence-electron chi connectivity index (χ0n) is 19.3. The predicted molar refractivity (Wildman–Crippen MR) is 139 cm³/mol. The van der Waals surface area contributed by atoms with Crippen LogP contribution in [0.2, 0.25) is 5.02 Å². The molecule has 0 saturated heterocycles. The van der Waals surface area contributed by atoms with E-state index in [1.807, 2.05) is 66.7 Å². The Morgan fingerprint density at radius 1 is 0.833 bits per heavy atom. The van der Waals surface area contributed by atoms with Crippen molar-refractivity contribution in [2.75, 3.05) is 12.4 Å². The minimum atomic E-state index is -0.442. The summed E-state index contributed by atoms with van der Waals surface area (Å²) in [4.78, 5) is 17.6. The van der Waals surface area contributed by atoms with Crippen molar-refractivity contribution in [3.63, 3.8) is 0 Å². The minimum Gasteiger partial charge on any atom is -0.497 e. The minimum absolute atomic E-state index is 0.0189. The molecule has 0 radical (unpaired) electrons. The second-order valence-electron chi connectivity index (χ2n) is 7.77. The first-order valence-electron chi connectivity index (χ1n) is 11.1. The summed E-state index contributed by atoms with van der Waals surface area (Å²) in [5.74, 6) is 2.16. The van der Waals surface area contributed by atoms with Crippen LogP contribution in [0.3, 0.4) is 0 Å². The maximum absolute atomic E-state index is 13.1. The standard InChI is InChI=1S/C28H21ClN4O3/c1-35-23-16-12-22(13-17-23)33-27(19-6-5-7-20(29)18-19)31-26(32-33)28(34)30-21-10-14-25(15-11-21)36-24-8-3-2-4-9-24/h2-18H,1H3,(H,30,34). The highest BCUT2D eigenvalue weighted by Crippen LogP contribution is 2.26. The Bertz CT molecular complexity index is 1480. The Balaban J connectivity index is 1.41. The van der Waals surface area contributed by atoms with E-state index in [0.717, 1.165) is 17.0 Å². The van der Waals surface area contributed by atoms with Crippen LogP contribution in [0.15, 0.2) is 103 Å². The van der Waals surface area contributed by atoms with Crippen LogP contribution >= 0.6 is 11.6 Å². The smallest absolute Gasteiger partial charge is 0.295 e. The van der Waals surface area contributed by atoms with Gasteiger partial charge in [0.15, 0.2) is 5.82 Å². The Morgan fingerprint density at radius 3 is 2.22 bits per heavy atom. The molecule has 36 heavy (non-hydrogen) atoms. The van der Waals surface area contributed by atoms with Gasteiger partial charge in [0.2, 0.25) is 5.82 Å². The number of carbonyl (C=O) groups is 1. The van der Waals surface area contributed by atoms with Crippen molar-refractivity contribution < 1.29 is 14.3 Å². The zero-order valence-corrected chi connectivity index (χ0v) is 20.0. The number of aromatic nitrogens is 3. The molecule has 0 spiro atoms. The highest BCUT2D eigenvalue weighted by atomic mass is 35.5. The Kier molecular flexibility index (Phi) is 6.64. The quantitative estimate of drug-likeness (QED) is 0.273. The molecule has 1 N–H and O–H groups in total. The van der Waals surface area contributed by atoms with Crippen molar-refractivity contribution in [2.45, 2.75) is 0 Å². The average Bonchev–Trinajstić information content (AvgIpc) is 3.36. The molecule has 0 atom stereocenters. The molecule has 1 amide bonds. The van der Waals surface area contributed by atoms with Gasteiger partial charge < -0.3 is 14.8 Å². The lowest BCUT2D eigenvalue weighted by Gasteiger charge is -2.07. The molecular formula is C28H21ClN4O3. The van der Waals surface area contributed by atoms with E-state index in [4.69, 9.17) is 21.1 Å². The molecule has 1 heterocycles. The molecule has 7 nitrogen and oxygen atoms in total. The molecule has 1 aromatic heterocycles. The molecule has 8 heteroatoms. The molecule has 0 aliphatic rings. The molecule has 5 rings (SSSR count). The van der Waals surface area contributed by atoms with Crippen molar-refractivity contribution in [1.29, 1.82) is 0 Å². The summed E-state index contributed by atoms with van der Waals surface area (Å²) in [7, 11) is 1.60. The number of anilines is 1. The number of nitrogens with zero attached hydrogens (tertiary/aromatic N) is 3. The molecule has 178 valence electrons. The molecule has 4 aromatic carbocycles. The van der Waals surface area contributed by atoms with E-state index in [1.54, 1.807) is 48.2 Å². The largest absolute Gasteiger partial charge is 0.497 e. The van der Waals surface area contributed by atoms with Gasteiger partial charge in [0.1, 0.15) is 17.2 Å². The molecule has 0 fully saturated rings. The van der Waals surface area contributed by atoms with Crippen LogP contribution in [-0.2, 0) is 0 Å². The van der Waals surface area contributed by atoms with Crippen molar-refractivity contribution in [3.05, 3.63) is 114 Å². The maximum atomic E-state index is 13.1. The number of halogens is 1. The molecule has 0 bridgehead atoms. The number of amides is 1. The fourth-order valence-electron chi connectivity index (χ4n) is 3.54. The average molecular weight is 497 g/mol. The first-order chi connectivity index (χ1) is 17.6. The van der Waals surface area contributed by atoms with Crippen LogP contribution < -0.4 is 14.8 Å². The lowest BCUT2D eigenvalue weighted by atomic mass is 10.2. The first-order valence-corrected chi connectivity index (χ1v) is 11.5. The van der Waals surface area contributed by atoms with Crippen LogP contribution in [0.4, 0.5) is 5.69 Å². The summed E-state index contributed by atoms with van der Waals surface area (Å²) >= 11 is 6.21. The van der Waals surface area contributed by atoms with Crippen LogP contribution in [0, 0.1) is 0 Å². The van der Waals surface area contributed by atoms with Crippen molar-refractivity contribution >= 4 is 23.2 Å². The second-order valence-corrected chi connectivity index (χ2v) is 8.21. The monoisotopic (exact) mass is 496 g/mol. The van der Waals surface area contributed by atoms with Gasteiger partial charge in [-0.2, -0.15) is 0 Å².